The number of nitro benzene ring substituents is 1. The van der Waals surface area contributed by atoms with E-state index in [0.29, 0.717) is 12.8 Å². The number of sulfonamides is 1. The second kappa shape index (κ2) is 7.05. The van der Waals surface area contributed by atoms with Crippen molar-refractivity contribution in [3.05, 3.63) is 34.4 Å². The van der Waals surface area contributed by atoms with Gasteiger partial charge in [-0.05, 0) is 25.8 Å². The predicted molar refractivity (Wildman–Crippen MR) is 81.2 cm³/mol. The number of rotatable bonds is 5. The quantitative estimate of drug-likeness (QED) is 0.456. The Morgan fingerprint density at radius 2 is 1.96 bits per heavy atom. The number of nitrogens with zero attached hydrogens (tertiary/aromatic N) is 2. The second-order valence-corrected chi connectivity index (χ2v) is 7.06. The summed E-state index contributed by atoms with van der Waals surface area (Å²) >= 11 is 0. The highest BCUT2D eigenvalue weighted by Gasteiger charge is 2.35. The summed E-state index contributed by atoms with van der Waals surface area (Å²) in [6.07, 6.45) is 0.692. The van der Waals surface area contributed by atoms with E-state index in [1.807, 2.05) is 0 Å². The van der Waals surface area contributed by atoms with Gasteiger partial charge in [-0.2, -0.15) is 4.31 Å². The second-order valence-electron chi connectivity index (χ2n) is 5.16. The van der Waals surface area contributed by atoms with Crippen LogP contribution in [0, 0.1) is 16.0 Å². The molecule has 0 aliphatic carbocycles. The van der Waals surface area contributed by atoms with E-state index in [9.17, 15) is 23.3 Å². The van der Waals surface area contributed by atoms with Crippen molar-refractivity contribution in [2.24, 2.45) is 5.92 Å². The van der Waals surface area contributed by atoms with Gasteiger partial charge in [0.15, 0.2) is 4.90 Å². The van der Waals surface area contributed by atoms with Crippen LogP contribution in [0.5, 0.6) is 0 Å². The summed E-state index contributed by atoms with van der Waals surface area (Å²) in [5, 5.41) is 11.0. The van der Waals surface area contributed by atoms with Gasteiger partial charge >= 0.3 is 5.97 Å². The highest BCUT2D eigenvalue weighted by molar-refractivity contribution is 7.89. The van der Waals surface area contributed by atoms with Crippen LogP contribution >= 0.6 is 0 Å². The van der Waals surface area contributed by atoms with Crippen LogP contribution in [0.3, 0.4) is 0 Å². The van der Waals surface area contributed by atoms with Crippen LogP contribution in [0.2, 0.25) is 0 Å². The summed E-state index contributed by atoms with van der Waals surface area (Å²) in [5.74, 6) is -0.651. The molecule has 2 rings (SSSR count). The fourth-order valence-corrected chi connectivity index (χ4v) is 4.18. The van der Waals surface area contributed by atoms with Crippen molar-refractivity contribution in [1.82, 2.24) is 4.31 Å². The molecule has 1 heterocycles. The molecule has 0 atom stereocenters. The number of hydrogen-bond acceptors (Lipinski definition) is 6. The summed E-state index contributed by atoms with van der Waals surface area (Å²) in [4.78, 5) is 21.7. The van der Waals surface area contributed by atoms with Crippen LogP contribution in [-0.2, 0) is 19.6 Å². The van der Waals surface area contributed by atoms with Gasteiger partial charge in [0, 0.05) is 19.2 Å². The van der Waals surface area contributed by atoms with Crippen LogP contribution in [0.25, 0.3) is 0 Å². The fraction of sp³-hybridized carbons (Fsp3) is 0.500. The number of nitro groups is 1. The van der Waals surface area contributed by atoms with Crippen LogP contribution in [-0.4, -0.2) is 43.3 Å². The molecule has 1 fully saturated rings. The Morgan fingerprint density at radius 3 is 2.52 bits per heavy atom. The van der Waals surface area contributed by atoms with Gasteiger partial charge in [-0.15, -0.1) is 0 Å². The minimum atomic E-state index is -3.96. The van der Waals surface area contributed by atoms with Gasteiger partial charge in [0.1, 0.15) is 0 Å². The van der Waals surface area contributed by atoms with Crippen molar-refractivity contribution >= 4 is 21.7 Å². The molecular weight excluding hydrogens is 324 g/mol. The zero-order chi connectivity index (χ0) is 17.0. The molecule has 1 saturated heterocycles. The molecule has 0 bridgehead atoms. The lowest BCUT2D eigenvalue weighted by molar-refractivity contribution is -0.387. The number of piperidine rings is 1. The van der Waals surface area contributed by atoms with Crippen LogP contribution < -0.4 is 0 Å². The van der Waals surface area contributed by atoms with Crippen molar-refractivity contribution in [1.29, 1.82) is 0 Å². The van der Waals surface area contributed by atoms with Crippen LogP contribution in [0.4, 0.5) is 5.69 Å². The maximum atomic E-state index is 12.6. The Labute approximate surface area is 134 Å². The fourth-order valence-electron chi connectivity index (χ4n) is 2.56. The van der Waals surface area contributed by atoms with Gasteiger partial charge in [0.2, 0.25) is 10.0 Å². The third-order valence-electron chi connectivity index (χ3n) is 3.75. The monoisotopic (exact) mass is 342 g/mol. The molecule has 0 N–H and O–H groups in total. The highest BCUT2D eigenvalue weighted by atomic mass is 32.2. The molecule has 1 aliphatic heterocycles. The molecule has 23 heavy (non-hydrogen) atoms. The lowest BCUT2D eigenvalue weighted by atomic mass is 9.98. The molecule has 1 aromatic carbocycles. The van der Waals surface area contributed by atoms with E-state index in [1.165, 1.54) is 22.5 Å². The van der Waals surface area contributed by atoms with E-state index < -0.39 is 20.6 Å². The largest absolute Gasteiger partial charge is 0.466 e. The lowest BCUT2D eigenvalue weighted by Gasteiger charge is -2.29. The molecule has 0 aromatic heterocycles. The van der Waals surface area contributed by atoms with E-state index >= 15 is 0 Å². The van der Waals surface area contributed by atoms with E-state index in [1.54, 1.807) is 6.92 Å². The third kappa shape index (κ3) is 3.67. The standard InChI is InChI=1S/C14H18N2O6S/c1-2-22-14(17)11-7-9-15(10-8-11)23(20,21)13-6-4-3-5-12(13)16(18)19/h3-6,11H,2,7-10H2,1H3. The first-order valence-corrected chi connectivity index (χ1v) is 8.72. The Balaban J connectivity index is 2.17. The zero-order valence-electron chi connectivity index (χ0n) is 12.7. The number of para-hydroxylation sites is 1. The van der Waals surface area contributed by atoms with Crippen molar-refractivity contribution in [3.8, 4) is 0 Å². The number of hydrogen-bond donors (Lipinski definition) is 0. The number of ether oxygens (including phenoxy) is 1. The molecule has 1 aromatic rings. The van der Waals surface area contributed by atoms with Gasteiger partial charge in [-0.25, -0.2) is 8.42 Å². The summed E-state index contributed by atoms with van der Waals surface area (Å²) in [7, 11) is -3.96. The molecule has 0 radical (unpaired) electrons. The van der Waals surface area contributed by atoms with Crippen molar-refractivity contribution in [2.75, 3.05) is 19.7 Å². The summed E-state index contributed by atoms with van der Waals surface area (Å²) in [6.45, 7) is 2.27. The average molecular weight is 342 g/mol. The van der Waals surface area contributed by atoms with Gasteiger partial charge < -0.3 is 4.74 Å². The number of carbonyl (C=O) groups excluding carboxylic acids is 1. The van der Waals surface area contributed by atoms with E-state index in [0.717, 1.165) is 6.07 Å². The van der Waals surface area contributed by atoms with Crippen LogP contribution in [0.1, 0.15) is 19.8 Å². The summed E-state index contributed by atoms with van der Waals surface area (Å²) < 4.78 is 31.4. The van der Waals surface area contributed by atoms with E-state index in [2.05, 4.69) is 0 Å². The van der Waals surface area contributed by atoms with Gasteiger partial charge in [-0.3, -0.25) is 14.9 Å². The van der Waals surface area contributed by atoms with Gasteiger partial charge in [0.05, 0.1) is 17.4 Å². The zero-order valence-corrected chi connectivity index (χ0v) is 13.5. The predicted octanol–water partition coefficient (Wildman–Crippen LogP) is 1.56. The summed E-state index contributed by atoms with van der Waals surface area (Å²) in [6, 6.07) is 5.26. The highest BCUT2D eigenvalue weighted by Crippen LogP contribution is 2.29. The molecule has 9 heteroatoms. The molecule has 1 aliphatic rings. The van der Waals surface area contributed by atoms with Crippen LogP contribution in [0.15, 0.2) is 29.2 Å². The molecule has 0 saturated carbocycles. The molecule has 0 unspecified atom stereocenters. The first-order chi connectivity index (χ1) is 10.9. The number of benzene rings is 1. The number of carbonyl (C=O) groups is 1. The Morgan fingerprint density at radius 1 is 1.35 bits per heavy atom. The molecule has 8 nitrogen and oxygen atoms in total. The number of esters is 1. The van der Waals surface area contributed by atoms with Crippen molar-refractivity contribution in [3.63, 3.8) is 0 Å². The normalized spacial score (nSPS) is 16.9. The third-order valence-corrected chi connectivity index (χ3v) is 5.70. The van der Waals surface area contributed by atoms with Gasteiger partial charge in [0.25, 0.3) is 5.69 Å². The maximum absolute atomic E-state index is 12.6. The maximum Gasteiger partial charge on any atom is 0.309 e. The lowest BCUT2D eigenvalue weighted by Crippen LogP contribution is -2.40. The van der Waals surface area contributed by atoms with E-state index in [4.69, 9.17) is 4.74 Å². The van der Waals surface area contributed by atoms with Gasteiger partial charge in [-0.1, -0.05) is 12.1 Å². The SMILES string of the molecule is CCOC(=O)C1CCN(S(=O)(=O)c2ccccc2[N+](=O)[O-])CC1. The molecule has 126 valence electrons. The topological polar surface area (TPSA) is 107 Å². The minimum Gasteiger partial charge on any atom is -0.466 e. The average Bonchev–Trinajstić information content (AvgIpc) is 2.55. The minimum absolute atomic E-state index is 0.137. The Kier molecular flexibility index (Phi) is 5.32. The summed E-state index contributed by atoms with van der Waals surface area (Å²) in [5.41, 5.74) is -0.444. The first-order valence-electron chi connectivity index (χ1n) is 7.28. The van der Waals surface area contributed by atoms with Crippen molar-refractivity contribution in [2.45, 2.75) is 24.7 Å². The Bertz CT molecular complexity index is 695. The Hall–Kier alpha value is -2.00. The van der Waals surface area contributed by atoms with E-state index in [-0.39, 0.29) is 36.5 Å². The molecule has 0 amide bonds. The smallest absolute Gasteiger partial charge is 0.309 e. The van der Waals surface area contributed by atoms with Crippen molar-refractivity contribution < 1.29 is 22.9 Å². The molecule has 0 spiro atoms. The molecular formula is C14H18N2O6S. The first kappa shape index (κ1) is 17.4.